The van der Waals surface area contributed by atoms with Gasteiger partial charge in [-0.05, 0) is 31.8 Å². The van der Waals surface area contributed by atoms with E-state index < -0.39 is 18.9 Å². The molecular weight excluding hydrogens is 248 g/mol. The number of rotatable bonds is 6. The third kappa shape index (κ3) is 4.39. The van der Waals surface area contributed by atoms with Gasteiger partial charge in [-0.3, -0.25) is 4.90 Å². The SMILES string of the molecule is CCCNC1CCN(CC(F)(F)C(F)F)CC1C. The monoisotopic (exact) mass is 270 g/mol. The van der Waals surface area contributed by atoms with Crippen LogP contribution in [0.25, 0.3) is 0 Å². The second-order valence-corrected chi connectivity index (χ2v) is 5.12. The topological polar surface area (TPSA) is 15.3 Å². The Hall–Kier alpha value is -0.360. The molecule has 1 aliphatic heterocycles. The first-order chi connectivity index (χ1) is 8.36. The highest BCUT2D eigenvalue weighted by Gasteiger charge is 2.43. The minimum absolute atomic E-state index is 0.207. The molecule has 0 spiro atoms. The van der Waals surface area contributed by atoms with Gasteiger partial charge in [-0.1, -0.05) is 13.8 Å². The Morgan fingerprint density at radius 1 is 1.39 bits per heavy atom. The lowest BCUT2D eigenvalue weighted by atomic mass is 9.93. The maximum Gasteiger partial charge on any atom is 0.319 e. The van der Waals surface area contributed by atoms with Crippen LogP contribution in [-0.4, -0.2) is 49.5 Å². The normalized spacial score (nSPS) is 26.8. The van der Waals surface area contributed by atoms with Gasteiger partial charge in [0.25, 0.3) is 0 Å². The van der Waals surface area contributed by atoms with Crippen LogP contribution in [0.15, 0.2) is 0 Å². The molecule has 0 aromatic carbocycles. The summed E-state index contributed by atoms with van der Waals surface area (Å²) in [7, 11) is 0. The maximum absolute atomic E-state index is 13.0. The zero-order valence-electron chi connectivity index (χ0n) is 10.9. The van der Waals surface area contributed by atoms with Crippen LogP contribution in [0.5, 0.6) is 0 Å². The van der Waals surface area contributed by atoms with E-state index in [4.69, 9.17) is 0 Å². The molecule has 0 aromatic heterocycles. The van der Waals surface area contributed by atoms with E-state index in [1.54, 1.807) is 0 Å². The van der Waals surface area contributed by atoms with Crippen molar-refractivity contribution in [2.24, 2.45) is 5.92 Å². The first-order valence-electron chi connectivity index (χ1n) is 6.48. The fourth-order valence-corrected chi connectivity index (χ4v) is 2.38. The summed E-state index contributed by atoms with van der Waals surface area (Å²) < 4.78 is 50.1. The molecule has 6 heteroatoms. The van der Waals surface area contributed by atoms with Crippen molar-refractivity contribution in [3.8, 4) is 0 Å². The lowest BCUT2D eigenvalue weighted by Gasteiger charge is -2.38. The van der Waals surface area contributed by atoms with Crippen LogP contribution in [0, 0.1) is 5.92 Å². The number of hydrogen-bond donors (Lipinski definition) is 1. The van der Waals surface area contributed by atoms with Crippen molar-refractivity contribution in [3.05, 3.63) is 0 Å². The summed E-state index contributed by atoms with van der Waals surface area (Å²) in [6.45, 7) is 5.01. The molecule has 0 radical (unpaired) electrons. The Labute approximate surface area is 106 Å². The summed E-state index contributed by atoms with van der Waals surface area (Å²) >= 11 is 0. The van der Waals surface area contributed by atoms with Crippen LogP contribution >= 0.6 is 0 Å². The van der Waals surface area contributed by atoms with Gasteiger partial charge in [0.1, 0.15) is 0 Å². The molecule has 2 nitrogen and oxygen atoms in total. The van der Waals surface area contributed by atoms with Crippen molar-refractivity contribution in [2.45, 2.75) is 45.1 Å². The first-order valence-corrected chi connectivity index (χ1v) is 6.48. The van der Waals surface area contributed by atoms with Gasteiger partial charge >= 0.3 is 12.3 Å². The summed E-state index contributed by atoms with van der Waals surface area (Å²) in [5.41, 5.74) is 0. The number of piperidine rings is 1. The number of likely N-dealkylation sites (tertiary alicyclic amines) is 1. The zero-order valence-corrected chi connectivity index (χ0v) is 10.9. The second-order valence-electron chi connectivity index (χ2n) is 5.12. The van der Waals surface area contributed by atoms with E-state index in [0.717, 1.165) is 19.4 Å². The summed E-state index contributed by atoms with van der Waals surface area (Å²) in [5.74, 6) is -3.69. The lowest BCUT2D eigenvalue weighted by Crippen LogP contribution is -2.52. The molecule has 1 N–H and O–H groups in total. The number of hydrogen-bond acceptors (Lipinski definition) is 2. The van der Waals surface area contributed by atoms with Crippen LogP contribution < -0.4 is 5.32 Å². The van der Waals surface area contributed by atoms with Crippen molar-refractivity contribution < 1.29 is 17.6 Å². The van der Waals surface area contributed by atoms with E-state index in [0.29, 0.717) is 19.1 Å². The minimum atomic E-state index is -3.90. The molecule has 1 heterocycles. The average Bonchev–Trinajstić information content (AvgIpc) is 2.27. The summed E-state index contributed by atoms with van der Waals surface area (Å²) in [5, 5.41) is 3.36. The molecule has 0 bridgehead atoms. The van der Waals surface area contributed by atoms with E-state index in [1.807, 2.05) is 6.92 Å². The van der Waals surface area contributed by atoms with Crippen LogP contribution in [0.4, 0.5) is 17.6 Å². The van der Waals surface area contributed by atoms with Gasteiger partial charge in [-0.15, -0.1) is 0 Å². The smallest absolute Gasteiger partial charge is 0.314 e. The third-order valence-corrected chi connectivity index (χ3v) is 3.40. The van der Waals surface area contributed by atoms with Crippen molar-refractivity contribution in [1.29, 1.82) is 0 Å². The van der Waals surface area contributed by atoms with Crippen LogP contribution in [-0.2, 0) is 0 Å². The lowest BCUT2D eigenvalue weighted by molar-refractivity contribution is -0.145. The Morgan fingerprint density at radius 2 is 2.06 bits per heavy atom. The van der Waals surface area contributed by atoms with Gasteiger partial charge in [0, 0.05) is 12.6 Å². The van der Waals surface area contributed by atoms with Crippen LogP contribution in [0.1, 0.15) is 26.7 Å². The van der Waals surface area contributed by atoms with Gasteiger partial charge in [-0.25, -0.2) is 8.78 Å². The summed E-state index contributed by atoms with van der Waals surface area (Å²) in [6, 6.07) is 0.307. The molecule has 1 saturated heterocycles. The van der Waals surface area contributed by atoms with Gasteiger partial charge in [0.05, 0.1) is 6.54 Å². The number of nitrogens with one attached hydrogen (secondary N) is 1. The summed E-state index contributed by atoms with van der Waals surface area (Å²) in [4.78, 5) is 1.45. The van der Waals surface area contributed by atoms with Crippen molar-refractivity contribution in [1.82, 2.24) is 10.2 Å². The highest BCUT2D eigenvalue weighted by atomic mass is 19.3. The fraction of sp³-hybridized carbons (Fsp3) is 1.00. The molecule has 2 unspecified atom stereocenters. The molecule has 0 aliphatic carbocycles. The molecule has 0 saturated carbocycles. The first kappa shape index (κ1) is 15.7. The van der Waals surface area contributed by atoms with Gasteiger partial charge in [-0.2, -0.15) is 8.78 Å². The molecule has 108 valence electrons. The Morgan fingerprint density at radius 3 is 2.56 bits per heavy atom. The molecule has 1 rings (SSSR count). The van der Waals surface area contributed by atoms with E-state index in [1.165, 1.54) is 4.90 Å². The number of halogens is 4. The van der Waals surface area contributed by atoms with Crippen molar-refractivity contribution in [3.63, 3.8) is 0 Å². The average molecular weight is 270 g/mol. The van der Waals surface area contributed by atoms with E-state index in [9.17, 15) is 17.6 Å². The quantitative estimate of drug-likeness (QED) is 0.746. The molecule has 0 amide bonds. The van der Waals surface area contributed by atoms with Crippen LogP contribution in [0.3, 0.4) is 0 Å². The Bertz CT molecular complexity index is 248. The van der Waals surface area contributed by atoms with E-state index in [2.05, 4.69) is 12.2 Å². The van der Waals surface area contributed by atoms with Crippen molar-refractivity contribution in [2.75, 3.05) is 26.2 Å². The maximum atomic E-state index is 13.0. The van der Waals surface area contributed by atoms with Gasteiger partial charge < -0.3 is 5.32 Å². The van der Waals surface area contributed by atoms with Crippen molar-refractivity contribution >= 4 is 0 Å². The van der Waals surface area contributed by atoms with E-state index in [-0.39, 0.29) is 5.92 Å². The predicted molar refractivity (Wildman–Crippen MR) is 63.3 cm³/mol. The fourth-order valence-electron chi connectivity index (χ4n) is 2.38. The molecule has 1 aliphatic rings. The zero-order chi connectivity index (χ0) is 13.8. The molecule has 18 heavy (non-hydrogen) atoms. The number of nitrogens with zero attached hydrogens (tertiary/aromatic N) is 1. The van der Waals surface area contributed by atoms with Gasteiger partial charge in [0.15, 0.2) is 0 Å². The molecule has 0 aromatic rings. The number of alkyl halides is 4. The minimum Gasteiger partial charge on any atom is -0.314 e. The standard InChI is InChI=1S/C12H22F4N2/c1-3-5-17-10-4-6-18(7-9(10)2)8-12(15,16)11(13)14/h9-11,17H,3-8H2,1-2H3. The Balaban J connectivity index is 2.41. The molecule has 2 atom stereocenters. The Kier molecular flexibility index (Phi) is 5.85. The molecule has 1 fully saturated rings. The summed E-state index contributed by atoms with van der Waals surface area (Å²) in [6.07, 6.45) is -1.82. The van der Waals surface area contributed by atoms with Crippen LogP contribution in [0.2, 0.25) is 0 Å². The highest BCUT2D eigenvalue weighted by Crippen LogP contribution is 2.26. The third-order valence-electron chi connectivity index (χ3n) is 3.40. The highest BCUT2D eigenvalue weighted by molar-refractivity contribution is 4.85. The second kappa shape index (κ2) is 6.70. The van der Waals surface area contributed by atoms with E-state index >= 15 is 0 Å². The van der Waals surface area contributed by atoms with Gasteiger partial charge in [0.2, 0.25) is 0 Å². The largest absolute Gasteiger partial charge is 0.319 e. The molecular formula is C12H22F4N2. The predicted octanol–water partition coefficient (Wildman–Crippen LogP) is 2.60.